The van der Waals surface area contributed by atoms with Gasteiger partial charge in [0.15, 0.2) is 0 Å². The summed E-state index contributed by atoms with van der Waals surface area (Å²) < 4.78 is 0. The highest BCUT2D eigenvalue weighted by molar-refractivity contribution is 6.38. The van der Waals surface area contributed by atoms with E-state index < -0.39 is 11.8 Å². The lowest BCUT2D eigenvalue weighted by molar-refractivity contribution is -0.146. The van der Waals surface area contributed by atoms with Crippen LogP contribution in [-0.2, 0) is 9.59 Å². The zero-order chi connectivity index (χ0) is 14.5. The van der Waals surface area contributed by atoms with Crippen molar-refractivity contribution in [1.29, 1.82) is 0 Å². The van der Waals surface area contributed by atoms with Gasteiger partial charge in [0.05, 0.1) is 0 Å². The molecule has 4 nitrogen and oxygen atoms in total. The molecule has 0 bridgehead atoms. The number of hydrogen-bond donors (Lipinski definition) is 2. The number of carbonyl (C=O) groups excluding carboxylic acids is 1. The van der Waals surface area contributed by atoms with Crippen LogP contribution in [-0.4, -0.2) is 22.0 Å². The molecule has 2 N–H and O–H groups in total. The molecule has 0 heterocycles. The van der Waals surface area contributed by atoms with Gasteiger partial charge in [0.2, 0.25) is 0 Å². The van der Waals surface area contributed by atoms with Gasteiger partial charge in [0, 0.05) is 11.6 Å². The van der Waals surface area contributed by atoms with Crippen molar-refractivity contribution < 1.29 is 19.8 Å². The van der Waals surface area contributed by atoms with Crippen molar-refractivity contribution in [2.24, 2.45) is 0 Å². The number of aliphatic carboxylic acids is 1. The highest BCUT2D eigenvalue weighted by atomic mass is 16.4. The average Bonchev–Trinajstić information content (AvgIpc) is 2.48. The van der Waals surface area contributed by atoms with Gasteiger partial charge in [-0.05, 0) is 17.2 Å². The maximum atomic E-state index is 11.0. The molecule has 0 unspecified atom stereocenters. The minimum absolute atomic E-state index is 0.366. The van der Waals surface area contributed by atoms with Gasteiger partial charge in [-0.2, -0.15) is 0 Å². The molecular weight excluding hydrogens is 256 g/mol. The third kappa shape index (κ3) is 3.11. The summed E-state index contributed by atoms with van der Waals surface area (Å²) in [7, 11) is 0. The van der Waals surface area contributed by atoms with E-state index in [0.717, 1.165) is 11.1 Å². The Kier molecular flexibility index (Phi) is 3.96. The molecule has 0 aliphatic heterocycles. The van der Waals surface area contributed by atoms with Crippen LogP contribution >= 0.6 is 0 Å². The third-order valence-corrected chi connectivity index (χ3v) is 2.74. The Bertz CT molecular complexity index is 672. The topological polar surface area (TPSA) is 74.6 Å². The number of benzene rings is 2. The molecule has 0 aliphatic rings. The Labute approximate surface area is 115 Å². The van der Waals surface area contributed by atoms with Crippen LogP contribution in [0.5, 0.6) is 0 Å². The zero-order valence-corrected chi connectivity index (χ0v) is 10.5. The maximum Gasteiger partial charge on any atom is 0.376 e. The lowest BCUT2D eigenvalue weighted by atomic mass is 10.0. The number of carbonyl (C=O) groups is 2. The van der Waals surface area contributed by atoms with Crippen LogP contribution in [0.1, 0.15) is 5.56 Å². The van der Waals surface area contributed by atoms with Crippen molar-refractivity contribution in [3.8, 4) is 11.1 Å². The lowest BCUT2D eigenvalue weighted by Gasteiger charge is -2.05. The molecule has 4 heteroatoms. The first-order valence-corrected chi connectivity index (χ1v) is 5.91. The second kappa shape index (κ2) is 5.84. The fraction of sp³-hybridized carbons (Fsp3) is 0. The van der Waals surface area contributed by atoms with E-state index in [9.17, 15) is 14.7 Å². The van der Waals surface area contributed by atoms with Gasteiger partial charge >= 0.3 is 5.97 Å². The summed E-state index contributed by atoms with van der Waals surface area (Å²) in [6.45, 7) is 0. The summed E-state index contributed by atoms with van der Waals surface area (Å²) in [5.74, 6) is -3.13. The van der Waals surface area contributed by atoms with Gasteiger partial charge in [-0.25, -0.2) is 4.79 Å². The summed E-state index contributed by atoms with van der Waals surface area (Å²) >= 11 is 0. The summed E-state index contributed by atoms with van der Waals surface area (Å²) in [6, 6.07) is 16.4. The Balaban J connectivity index is 2.36. The summed E-state index contributed by atoms with van der Waals surface area (Å²) in [6.07, 6.45) is 0.701. The standard InChI is InChI=1S/C16H12O4/c17-14(10-15(18)16(19)20)13-8-4-7-12(9-13)11-5-2-1-3-6-11/h1-10,17H,(H,19,20)/b14-10-. The summed E-state index contributed by atoms with van der Waals surface area (Å²) in [5, 5.41) is 18.3. The lowest BCUT2D eigenvalue weighted by Crippen LogP contribution is -2.09. The smallest absolute Gasteiger partial charge is 0.376 e. The van der Waals surface area contributed by atoms with E-state index in [1.807, 2.05) is 36.4 Å². The van der Waals surface area contributed by atoms with Crippen molar-refractivity contribution in [1.82, 2.24) is 0 Å². The Morgan fingerprint density at radius 1 is 0.850 bits per heavy atom. The fourth-order valence-electron chi connectivity index (χ4n) is 1.76. The largest absolute Gasteiger partial charge is 0.507 e. The maximum absolute atomic E-state index is 11.0. The number of aliphatic hydroxyl groups excluding tert-OH is 1. The van der Waals surface area contributed by atoms with Crippen LogP contribution in [0.4, 0.5) is 0 Å². The Hall–Kier alpha value is -2.88. The summed E-state index contributed by atoms with van der Waals surface area (Å²) in [5.41, 5.74) is 2.22. The minimum Gasteiger partial charge on any atom is -0.507 e. The third-order valence-electron chi connectivity index (χ3n) is 2.74. The molecule has 100 valence electrons. The van der Waals surface area contributed by atoms with Crippen molar-refractivity contribution in [3.63, 3.8) is 0 Å². The Morgan fingerprint density at radius 3 is 2.15 bits per heavy atom. The second-order valence-corrected chi connectivity index (χ2v) is 4.15. The monoisotopic (exact) mass is 268 g/mol. The normalized spacial score (nSPS) is 11.1. The van der Waals surface area contributed by atoms with Crippen LogP contribution in [0, 0.1) is 0 Å². The molecule has 0 aliphatic carbocycles. The molecule has 0 fully saturated rings. The Morgan fingerprint density at radius 2 is 1.50 bits per heavy atom. The van der Waals surface area contributed by atoms with Gasteiger partial charge in [0.25, 0.3) is 5.78 Å². The predicted octanol–water partition coefficient (Wildman–Crippen LogP) is 2.91. The van der Waals surface area contributed by atoms with Gasteiger partial charge in [-0.3, -0.25) is 4.79 Å². The van der Waals surface area contributed by atoms with Crippen molar-refractivity contribution in [3.05, 3.63) is 66.2 Å². The van der Waals surface area contributed by atoms with E-state index in [2.05, 4.69) is 0 Å². The molecule has 2 aromatic rings. The first-order chi connectivity index (χ1) is 9.58. The number of ketones is 1. The molecular formula is C16H12O4. The van der Waals surface area contributed by atoms with Gasteiger partial charge in [-0.1, -0.05) is 48.5 Å². The first-order valence-electron chi connectivity index (χ1n) is 5.91. The molecule has 0 spiro atoms. The summed E-state index contributed by atoms with van der Waals surface area (Å²) in [4.78, 5) is 21.5. The molecule has 0 saturated carbocycles. The zero-order valence-electron chi connectivity index (χ0n) is 10.5. The number of hydrogen-bond acceptors (Lipinski definition) is 3. The number of aliphatic hydroxyl groups is 1. The molecule has 2 rings (SSSR count). The van der Waals surface area contributed by atoms with E-state index >= 15 is 0 Å². The predicted molar refractivity (Wildman–Crippen MR) is 75.1 cm³/mol. The van der Waals surface area contributed by atoms with E-state index in [0.29, 0.717) is 11.6 Å². The van der Waals surface area contributed by atoms with Crippen molar-refractivity contribution >= 4 is 17.5 Å². The number of carboxylic acid groups (broad SMARTS) is 1. The quantitative estimate of drug-likeness (QED) is 0.508. The van der Waals surface area contributed by atoms with Crippen LogP contribution in [0.3, 0.4) is 0 Å². The molecule has 0 aromatic heterocycles. The van der Waals surface area contributed by atoms with Crippen LogP contribution in [0.2, 0.25) is 0 Å². The second-order valence-electron chi connectivity index (χ2n) is 4.15. The molecule has 0 atom stereocenters. The van der Waals surface area contributed by atoms with Crippen molar-refractivity contribution in [2.45, 2.75) is 0 Å². The van der Waals surface area contributed by atoms with Gasteiger partial charge < -0.3 is 10.2 Å². The highest BCUT2D eigenvalue weighted by Gasteiger charge is 2.10. The van der Waals surface area contributed by atoms with Crippen molar-refractivity contribution in [2.75, 3.05) is 0 Å². The van der Waals surface area contributed by atoms with E-state index in [1.54, 1.807) is 18.2 Å². The molecule has 20 heavy (non-hydrogen) atoms. The number of rotatable bonds is 4. The minimum atomic E-state index is -1.60. The van der Waals surface area contributed by atoms with Crippen LogP contribution in [0.15, 0.2) is 60.7 Å². The highest BCUT2D eigenvalue weighted by Crippen LogP contribution is 2.22. The van der Waals surface area contributed by atoms with E-state index in [-0.39, 0.29) is 5.76 Å². The van der Waals surface area contributed by atoms with Gasteiger partial charge in [-0.15, -0.1) is 0 Å². The van der Waals surface area contributed by atoms with Crippen LogP contribution < -0.4 is 0 Å². The first kappa shape index (κ1) is 13.5. The fourth-order valence-corrected chi connectivity index (χ4v) is 1.76. The molecule has 0 amide bonds. The molecule has 2 aromatic carbocycles. The van der Waals surface area contributed by atoms with Crippen LogP contribution in [0.25, 0.3) is 16.9 Å². The molecule has 0 radical (unpaired) electrons. The van der Waals surface area contributed by atoms with Gasteiger partial charge in [0.1, 0.15) is 5.76 Å². The SMILES string of the molecule is O=C(O)C(=O)/C=C(\O)c1cccc(-c2ccccc2)c1. The van der Waals surface area contributed by atoms with E-state index in [1.165, 1.54) is 0 Å². The average molecular weight is 268 g/mol. The van der Waals surface area contributed by atoms with E-state index in [4.69, 9.17) is 5.11 Å². The molecule has 0 saturated heterocycles. The number of carboxylic acids is 1.